The van der Waals surface area contributed by atoms with Crippen LogP contribution in [-0.4, -0.2) is 18.3 Å². The topological polar surface area (TPSA) is 26.3 Å². The number of rotatable bonds is 5. The first kappa shape index (κ1) is 15.1. The van der Waals surface area contributed by atoms with Crippen molar-refractivity contribution in [1.82, 2.24) is 0 Å². The Labute approximate surface area is 114 Å². The van der Waals surface area contributed by atoms with Gasteiger partial charge in [0.1, 0.15) is 0 Å². The summed E-state index contributed by atoms with van der Waals surface area (Å²) in [4.78, 5) is 12.6. The first-order valence-electron chi connectivity index (χ1n) is 6.33. The molecule has 0 fully saturated rings. The van der Waals surface area contributed by atoms with Gasteiger partial charge in [0.15, 0.2) is 0 Å². The molecule has 2 nitrogen and oxygen atoms in total. The lowest BCUT2D eigenvalue weighted by atomic mass is 10.0. The zero-order valence-corrected chi connectivity index (χ0v) is 12.7. The molecule has 0 aliphatic heterocycles. The average molecular weight is 266 g/mol. The third kappa shape index (κ3) is 3.77. The highest BCUT2D eigenvalue weighted by Crippen LogP contribution is 2.31. The minimum absolute atomic E-state index is 0.107. The Morgan fingerprint density at radius 3 is 2.22 bits per heavy atom. The number of hydrogen-bond acceptors (Lipinski definition) is 3. The third-order valence-electron chi connectivity index (χ3n) is 3.16. The average Bonchev–Trinajstić information content (AvgIpc) is 2.31. The van der Waals surface area contributed by atoms with Gasteiger partial charge in [0.2, 0.25) is 0 Å². The van der Waals surface area contributed by atoms with Crippen LogP contribution in [0.1, 0.15) is 35.6 Å². The highest BCUT2D eigenvalue weighted by atomic mass is 32.2. The summed E-state index contributed by atoms with van der Waals surface area (Å²) in [6, 6.07) is 2.22. The highest BCUT2D eigenvalue weighted by Gasteiger charge is 2.10. The molecule has 0 aliphatic carbocycles. The lowest BCUT2D eigenvalue weighted by Gasteiger charge is -2.14. The summed E-state index contributed by atoms with van der Waals surface area (Å²) in [7, 11) is 0. The predicted octanol–water partition coefficient (Wildman–Crippen LogP) is 3.97. The van der Waals surface area contributed by atoms with E-state index in [9.17, 15) is 4.79 Å². The van der Waals surface area contributed by atoms with E-state index >= 15 is 0 Å². The maximum atomic E-state index is 11.3. The minimum atomic E-state index is -0.107. The van der Waals surface area contributed by atoms with Crippen LogP contribution in [0.25, 0.3) is 0 Å². The Morgan fingerprint density at radius 1 is 1.17 bits per heavy atom. The molecule has 0 heterocycles. The molecular formula is C15H22O2S. The van der Waals surface area contributed by atoms with E-state index < -0.39 is 0 Å². The number of carbonyl (C=O) groups is 1. The van der Waals surface area contributed by atoms with Crippen LogP contribution in [0.2, 0.25) is 0 Å². The minimum Gasteiger partial charge on any atom is -0.466 e. The van der Waals surface area contributed by atoms with Crippen molar-refractivity contribution in [2.75, 3.05) is 12.4 Å². The number of ether oxygens (including phenoxy) is 1. The number of hydrogen-bond donors (Lipinski definition) is 0. The van der Waals surface area contributed by atoms with Gasteiger partial charge in [0, 0.05) is 10.6 Å². The van der Waals surface area contributed by atoms with Crippen molar-refractivity contribution in [1.29, 1.82) is 0 Å². The van der Waals surface area contributed by atoms with Crippen molar-refractivity contribution in [3.05, 3.63) is 28.3 Å². The fraction of sp³-hybridized carbons (Fsp3) is 0.533. The summed E-state index contributed by atoms with van der Waals surface area (Å²) in [5.74, 6) is 0.674. The molecule has 0 spiro atoms. The molecule has 1 aromatic carbocycles. The molecular weight excluding hydrogens is 244 g/mol. The van der Waals surface area contributed by atoms with Crippen molar-refractivity contribution in [2.45, 2.75) is 45.9 Å². The quantitative estimate of drug-likeness (QED) is 0.596. The van der Waals surface area contributed by atoms with Crippen molar-refractivity contribution >= 4 is 17.7 Å². The maximum Gasteiger partial charge on any atom is 0.306 e. The lowest BCUT2D eigenvalue weighted by molar-refractivity contribution is -0.142. The summed E-state index contributed by atoms with van der Waals surface area (Å²) in [5, 5.41) is 0. The van der Waals surface area contributed by atoms with E-state index in [1.165, 1.54) is 27.1 Å². The fourth-order valence-electron chi connectivity index (χ4n) is 1.87. The molecule has 0 saturated carbocycles. The molecule has 0 bridgehead atoms. The molecule has 0 saturated heterocycles. The zero-order valence-electron chi connectivity index (χ0n) is 11.9. The zero-order chi connectivity index (χ0) is 13.7. The molecule has 0 aliphatic rings. The van der Waals surface area contributed by atoms with Gasteiger partial charge in [-0.3, -0.25) is 4.79 Å². The van der Waals surface area contributed by atoms with Gasteiger partial charge < -0.3 is 4.74 Å². The van der Waals surface area contributed by atoms with Crippen LogP contribution in [0.15, 0.2) is 11.0 Å². The smallest absolute Gasteiger partial charge is 0.306 e. The van der Waals surface area contributed by atoms with Gasteiger partial charge in [0.25, 0.3) is 0 Å². The van der Waals surface area contributed by atoms with Gasteiger partial charge in [-0.15, -0.1) is 11.8 Å². The second kappa shape index (κ2) is 6.83. The number of carbonyl (C=O) groups excluding carboxylic acids is 1. The SMILES string of the molecule is CCOC(=O)CCSc1c(C)c(C)cc(C)c1C. The fourth-order valence-corrected chi connectivity index (χ4v) is 3.09. The monoisotopic (exact) mass is 266 g/mol. The summed E-state index contributed by atoms with van der Waals surface area (Å²) < 4.78 is 4.94. The summed E-state index contributed by atoms with van der Waals surface area (Å²) in [6.07, 6.45) is 0.477. The largest absolute Gasteiger partial charge is 0.466 e. The second-order valence-corrected chi connectivity index (χ2v) is 5.60. The second-order valence-electron chi connectivity index (χ2n) is 4.49. The number of thioether (sulfide) groups is 1. The van der Waals surface area contributed by atoms with E-state index in [-0.39, 0.29) is 5.97 Å². The first-order chi connectivity index (χ1) is 8.47. The Kier molecular flexibility index (Phi) is 5.73. The van der Waals surface area contributed by atoms with Crippen LogP contribution in [0, 0.1) is 27.7 Å². The van der Waals surface area contributed by atoms with E-state index in [2.05, 4.69) is 33.8 Å². The van der Waals surface area contributed by atoms with Crippen LogP contribution in [0.4, 0.5) is 0 Å². The molecule has 0 atom stereocenters. The van der Waals surface area contributed by atoms with Crippen LogP contribution >= 0.6 is 11.8 Å². The third-order valence-corrected chi connectivity index (χ3v) is 4.46. The molecule has 0 unspecified atom stereocenters. The van der Waals surface area contributed by atoms with Gasteiger partial charge in [-0.1, -0.05) is 6.07 Å². The van der Waals surface area contributed by atoms with Crippen molar-refractivity contribution in [2.24, 2.45) is 0 Å². The van der Waals surface area contributed by atoms with E-state index in [4.69, 9.17) is 4.74 Å². The molecule has 0 N–H and O–H groups in total. The molecule has 0 amide bonds. The molecule has 0 aromatic heterocycles. The molecule has 1 rings (SSSR count). The van der Waals surface area contributed by atoms with Crippen LogP contribution in [0.3, 0.4) is 0 Å². The predicted molar refractivity (Wildman–Crippen MR) is 77.4 cm³/mol. The summed E-state index contributed by atoms with van der Waals surface area (Å²) in [6.45, 7) is 10.9. The molecule has 3 heteroatoms. The Hall–Kier alpha value is -0.960. The van der Waals surface area contributed by atoms with Crippen LogP contribution in [0.5, 0.6) is 0 Å². The summed E-state index contributed by atoms with van der Waals surface area (Å²) in [5.41, 5.74) is 5.28. The Morgan fingerprint density at radius 2 is 1.72 bits per heavy atom. The highest BCUT2D eigenvalue weighted by molar-refractivity contribution is 7.99. The van der Waals surface area contributed by atoms with E-state index in [0.717, 1.165) is 5.75 Å². The van der Waals surface area contributed by atoms with Crippen molar-refractivity contribution in [3.8, 4) is 0 Å². The van der Waals surface area contributed by atoms with Gasteiger partial charge in [-0.25, -0.2) is 0 Å². The lowest BCUT2D eigenvalue weighted by Crippen LogP contribution is -2.05. The standard InChI is InChI=1S/C15H22O2S/c1-6-17-14(16)7-8-18-15-12(4)10(2)9-11(3)13(15)5/h9H,6-8H2,1-5H3. The van der Waals surface area contributed by atoms with E-state index in [0.29, 0.717) is 13.0 Å². The molecule has 100 valence electrons. The first-order valence-corrected chi connectivity index (χ1v) is 7.31. The summed E-state index contributed by atoms with van der Waals surface area (Å²) >= 11 is 1.76. The van der Waals surface area contributed by atoms with Crippen molar-refractivity contribution in [3.63, 3.8) is 0 Å². The van der Waals surface area contributed by atoms with Gasteiger partial charge in [-0.2, -0.15) is 0 Å². The van der Waals surface area contributed by atoms with Crippen LogP contribution < -0.4 is 0 Å². The van der Waals surface area contributed by atoms with Crippen LogP contribution in [-0.2, 0) is 9.53 Å². The van der Waals surface area contributed by atoms with E-state index in [1.807, 2.05) is 6.92 Å². The van der Waals surface area contributed by atoms with Gasteiger partial charge in [0.05, 0.1) is 13.0 Å². The number of aryl methyl sites for hydroxylation is 2. The van der Waals surface area contributed by atoms with Gasteiger partial charge in [-0.05, 0) is 56.9 Å². The normalized spacial score (nSPS) is 10.5. The Balaban J connectivity index is 2.70. The number of benzene rings is 1. The molecule has 1 aromatic rings. The van der Waals surface area contributed by atoms with Gasteiger partial charge >= 0.3 is 5.97 Å². The molecule has 0 radical (unpaired) electrons. The Bertz CT molecular complexity index is 412. The molecule has 18 heavy (non-hydrogen) atoms. The maximum absolute atomic E-state index is 11.3. The van der Waals surface area contributed by atoms with E-state index in [1.54, 1.807) is 11.8 Å². The van der Waals surface area contributed by atoms with Crippen molar-refractivity contribution < 1.29 is 9.53 Å². The number of esters is 1.